The van der Waals surface area contributed by atoms with Gasteiger partial charge in [-0.1, -0.05) is 35.1 Å². The third-order valence-electron chi connectivity index (χ3n) is 7.18. The van der Waals surface area contributed by atoms with Crippen LogP contribution < -0.4 is 4.90 Å². The van der Waals surface area contributed by atoms with Crippen molar-refractivity contribution in [3.63, 3.8) is 0 Å². The fourth-order valence-corrected chi connectivity index (χ4v) is 7.66. The number of amides is 1. The summed E-state index contributed by atoms with van der Waals surface area (Å²) in [6, 6.07) is 11.1. The van der Waals surface area contributed by atoms with Crippen LogP contribution in [0.25, 0.3) is 10.2 Å². The average Bonchev–Trinajstić information content (AvgIpc) is 3.52. The van der Waals surface area contributed by atoms with Gasteiger partial charge < -0.3 is 4.74 Å². The van der Waals surface area contributed by atoms with Gasteiger partial charge in [-0.25, -0.2) is 13.4 Å². The molecule has 2 aliphatic rings. The van der Waals surface area contributed by atoms with E-state index in [2.05, 4.69) is 26.0 Å². The van der Waals surface area contributed by atoms with E-state index in [4.69, 9.17) is 9.72 Å². The topological polar surface area (TPSA) is 79.8 Å². The Morgan fingerprint density at radius 1 is 1.08 bits per heavy atom. The summed E-state index contributed by atoms with van der Waals surface area (Å²) in [5.74, 6) is -0.225. The van der Waals surface area contributed by atoms with Gasteiger partial charge in [0.1, 0.15) is 0 Å². The quantitative estimate of drug-likeness (QED) is 0.459. The number of fused-ring (bicyclic) bond motifs is 1. The number of nitrogens with zero attached hydrogens (tertiary/aromatic N) is 3. The number of aryl methyl sites for hydroxylation is 3. The van der Waals surface area contributed by atoms with Gasteiger partial charge in [0.25, 0.3) is 0 Å². The highest BCUT2D eigenvalue weighted by Crippen LogP contribution is 2.35. The van der Waals surface area contributed by atoms with Crippen LogP contribution in [0.5, 0.6) is 0 Å². The van der Waals surface area contributed by atoms with Crippen LogP contribution in [-0.4, -0.2) is 56.0 Å². The van der Waals surface area contributed by atoms with Crippen molar-refractivity contribution in [2.24, 2.45) is 5.92 Å². The molecule has 9 heteroatoms. The van der Waals surface area contributed by atoms with E-state index >= 15 is 0 Å². The van der Waals surface area contributed by atoms with E-state index in [1.54, 1.807) is 23.5 Å². The molecule has 2 saturated heterocycles. The molecule has 3 aromatic rings. The lowest BCUT2D eigenvalue weighted by atomic mass is 9.96. The molecule has 0 bridgehead atoms. The monoisotopic (exact) mass is 527 g/mol. The molecule has 1 aromatic heterocycles. The summed E-state index contributed by atoms with van der Waals surface area (Å²) in [5, 5.41) is 0.703. The molecule has 0 N–H and O–H groups in total. The molecule has 192 valence electrons. The summed E-state index contributed by atoms with van der Waals surface area (Å²) in [4.78, 5) is 20.8. The van der Waals surface area contributed by atoms with Crippen molar-refractivity contribution in [2.75, 3.05) is 31.1 Å². The number of hydrogen-bond donors (Lipinski definition) is 0. The zero-order valence-corrected chi connectivity index (χ0v) is 22.7. The molecule has 5 rings (SSSR count). The highest BCUT2D eigenvalue weighted by molar-refractivity contribution is 7.89. The number of sulfonamides is 1. The highest BCUT2D eigenvalue weighted by Gasteiger charge is 2.36. The first kappa shape index (κ1) is 25.3. The van der Waals surface area contributed by atoms with Crippen molar-refractivity contribution in [2.45, 2.75) is 57.5 Å². The van der Waals surface area contributed by atoms with Gasteiger partial charge in [0.15, 0.2) is 5.13 Å². The first-order valence-electron chi connectivity index (χ1n) is 12.6. The molecule has 0 aliphatic carbocycles. The molecular weight excluding hydrogens is 494 g/mol. The fourth-order valence-electron chi connectivity index (χ4n) is 5.16. The molecule has 1 unspecified atom stereocenters. The maximum absolute atomic E-state index is 13.8. The van der Waals surface area contributed by atoms with E-state index in [0.29, 0.717) is 42.5 Å². The SMILES string of the molecule is Cc1ccc(S(=O)(=O)N2CCC(C(=O)N(CC3CCCO3)c3nc4cc(C)cc(C)c4s3)CC2)cc1. The van der Waals surface area contributed by atoms with Crippen molar-refractivity contribution in [1.29, 1.82) is 0 Å². The Hall–Kier alpha value is -2.33. The summed E-state index contributed by atoms with van der Waals surface area (Å²) in [7, 11) is -3.57. The summed E-state index contributed by atoms with van der Waals surface area (Å²) in [6.45, 7) is 7.94. The predicted molar refractivity (Wildman–Crippen MR) is 143 cm³/mol. The lowest BCUT2D eigenvalue weighted by molar-refractivity contribution is -0.123. The molecule has 1 amide bonds. The van der Waals surface area contributed by atoms with Gasteiger partial charge in [-0.05, 0) is 75.8 Å². The van der Waals surface area contributed by atoms with E-state index in [9.17, 15) is 13.2 Å². The molecule has 2 aliphatic heterocycles. The Kier molecular flexibility index (Phi) is 7.18. The average molecular weight is 528 g/mol. The Morgan fingerprint density at radius 2 is 1.81 bits per heavy atom. The molecule has 0 saturated carbocycles. The molecule has 2 aromatic carbocycles. The van der Waals surface area contributed by atoms with Gasteiger partial charge in [-0.3, -0.25) is 9.69 Å². The number of carbonyl (C=O) groups is 1. The van der Waals surface area contributed by atoms with Crippen LogP contribution in [0.3, 0.4) is 0 Å². The number of hydrogen-bond acceptors (Lipinski definition) is 6. The number of piperidine rings is 1. The Labute approximate surface area is 217 Å². The highest BCUT2D eigenvalue weighted by atomic mass is 32.2. The smallest absolute Gasteiger partial charge is 0.243 e. The molecule has 3 heterocycles. The van der Waals surface area contributed by atoms with Gasteiger partial charge in [0, 0.05) is 25.6 Å². The lowest BCUT2D eigenvalue weighted by Gasteiger charge is -2.33. The minimum absolute atomic E-state index is 0.00537. The lowest BCUT2D eigenvalue weighted by Crippen LogP contribution is -2.46. The van der Waals surface area contributed by atoms with E-state index in [1.807, 2.05) is 24.0 Å². The summed E-state index contributed by atoms with van der Waals surface area (Å²) in [5.41, 5.74) is 4.24. The van der Waals surface area contributed by atoms with Crippen LogP contribution >= 0.6 is 11.3 Å². The number of anilines is 1. The minimum Gasteiger partial charge on any atom is -0.376 e. The van der Waals surface area contributed by atoms with Crippen LogP contribution in [0.4, 0.5) is 5.13 Å². The molecular formula is C27H33N3O4S2. The Balaban J connectivity index is 1.35. The summed E-state index contributed by atoms with van der Waals surface area (Å²) < 4.78 is 34.7. The maximum Gasteiger partial charge on any atom is 0.243 e. The Bertz CT molecular complexity index is 1350. The number of ether oxygens (including phenoxy) is 1. The van der Waals surface area contributed by atoms with Crippen LogP contribution in [0, 0.1) is 26.7 Å². The van der Waals surface area contributed by atoms with Gasteiger partial charge in [-0.2, -0.15) is 4.31 Å². The number of carbonyl (C=O) groups excluding carboxylic acids is 1. The third kappa shape index (κ3) is 5.07. The number of rotatable bonds is 6. The van der Waals surface area contributed by atoms with Gasteiger partial charge in [0.2, 0.25) is 15.9 Å². The van der Waals surface area contributed by atoms with Crippen molar-refractivity contribution >= 4 is 42.6 Å². The van der Waals surface area contributed by atoms with E-state index < -0.39 is 10.0 Å². The molecule has 0 radical (unpaired) electrons. The number of aromatic nitrogens is 1. The van der Waals surface area contributed by atoms with Crippen molar-refractivity contribution in [3.05, 3.63) is 53.1 Å². The van der Waals surface area contributed by atoms with E-state index in [0.717, 1.165) is 46.4 Å². The fraction of sp³-hybridized carbons (Fsp3) is 0.481. The Morgan fingerprint density at radius 3 is 2.47 bits per heavy atom. The van der Waals surface area contributed by atoms with Crippen LogP contribution in [0.15, 0.2) is 41.3 Å². The first-order valence-corrected chi connectivity index (χ1v) is 14.9. The van der Waals surface area contributed by atoms with Crippen molar-refractivity contribution in [3.8, 4) is 0 Å². The summed E-state index contributed by atoms with van der Waals surface area (Å²) >= 11 is 1.55. The standard InChI is InChI=1S/C27H33N3O4S2/c1-18-6-8-23(9-7-18)36(32,33)29-12-10-21(11-13-29)26(31)30(17-22-5-4-14-34-22)27-28-24-16-19(2)15-20(3)25(24)35-27/h6-9,15-16,21-22H,4-5,10-14,17H2,1-3H3. The van der Waals surface area contributed by atoms with E-state index in [1.165, 1.54) is 4.31 Å². The number of thiazole rings is 1. The van der Waals surface area contributed by atoms with Crippen molar-refractivity contribution in [1.82, 2.24) is 9.29 Å². The molecule has 0 spiro atoms. The summed E-state index contributed by atoms with van der Waals surface area (Å²) in [6.07, 6.45) is 2.93. The normalized spacial score (nSPS) is 19.7. The van der Waals surface area contributed by atoms with Gasteiger partial charge in [-0.15, -0.1) is 0 Å². The maximum atomic E-state index is 13.8. The van der Waals surface area contributed by atoms with Crippen LogP contribution in [-0.2, 0) is 19.6 Å². The molecule has 36 heavy (non-hydrogen) atoms. The minimum atomic E-state index is -3.57. The predicted octanol–water partition coefficient (Wildman–Crippen LogP) is 4.83. The second-order valence-corrected chi connectivity index (χ2v) is 12.9. The second-order valence-electron chi connectivity index (χ2n) is 10.0. The van der Waals surface area contributed by atoms with E-state index in [-0.39, 0.29) is 17.9 Å². The van der Waals surface area contributed by atoms with Gasteiger partial charge >= 0.3 is 0 Å². The molecule has 7 nitrogen and oxygen atoms in total. The van der Waals surface area contributed by atoms with Crippen LogP contribution in [0.1, 0.15) is 42.4 Å². The first-order chi connectivity index (χ1) is 17.2. The zero-order valence-electron chi connectivity index (χ0n) is 21.1. The van der Waals surface area contributed by atoms with Crippen LogP contribution in [0.2, 0.25) is 0 Å². The molecule has 1 atom stereocenters. The molecule has 2 fully saturated rings. The zero-order chi connectivity index (χ0) is 25.4. The number of benzene rings is 2. The second kappa shape index (κ2) is 10.2. The van der Waals surface area contributed by atoms with Gasteiger partial charge in [0.05, 0.1) is 27.8 Å². The van der Waals surface area contributed by atoms with Crippen molar-refractivity contribution < 1.29 is 17.9 Å². The largest absolute Gasteiger partial charge is 0.376 e. The third-order valence-corrected chi connectivity index (χ3v) is 10.3.